The van der Waals surface area contributed by atoms with Crippen LogP contribution in [0.25, 0.3) is 6.08 Å². The van der Waals surface area contributed by atoms with Crippen molar-refractivity contribution >= 4 is 51.2 Å². The van der Waals surface area contributed by atoms with Crippen LogP contribution in [0, 0.1) is 13.8 Å². The van der Waals surface area contributed by atoms with Crippen LogP contribution in [0.1, 0.15) is 16.7 Å². The summed E-state index contributed by atoms with van der Waals surface area (Å²) in [6, 6.07) is 16.7. The van der Waals surface area contributed by atoms with Crippen LogP contribution in [0.3, 0.4) is 0 Å². The number of methoxy groups -OCH3 is 1. The fourth-order valence-corrected chi connectivity index (χ4v) is 4.63. The number of nitrogens with zero attached hydrogens (tertiary/aromatic N) is 2. The minimum atomic E-state index is -0.734. The van der Waals surface area contributed by atoms with Gasteiger partial charge in [-0.15, -0.1) is 0 Å². The largest absolute Gasteiger partial charge is 0.493 e. The highest BCUT2D eigenvalue weighted by Gasteiger charge is 2.44. The fourth-order valence-electron chi connectivity index (χ4n) is 4.06. The number of anilines is 2. The first-order valence-electron chi connectivity index (χ1n) is 11.5. The van der Waals surface area contributed by atoms with Crippen molar-refractivity contribution in [1.82, 2.24) is 0 Å². The summed E-state index contributed by atoms with van der Waals surface area (Å²) in [5, 5.41) is 0. The zero-order valence-corrected chi connectivity index (χ0v) is 22.2. The molecule has 0 aromatic heterocycles. The first-order valence-corrected chi connectivity index (χ1v) is 12.2. The van der Waals surface area contributed by atoms with Gasteiger partial charge in [-0.3, -0.25) is 9.59 Å². The normalized spacial score (nSPS) is 13.6. The molecule has 7 nitrogen and oxygen atoms in total. The van der Waals surface area contributed by atoms with Gasteiger partial charge in [0.2, 0.25) is 0 Å². The molecule has 4 amide bonds. The molecule has 37 heavy (non-hydrogen) atoms. The number of hydrogen-bond donors (Lipinski definition) is 0. The zero-order valence-electron chi connectivity index (χ0n) is 20.7. The minimum Gasteiger partial charge on any atom is -0.493 e. The maximum absolute atomic E-state index is 13.7. The summed E-state index contributed by atoms with van der Waals surface area (Å²) in [7, 11) is 1.49. The summed E-state index contributed by atoms with van der Waals surface area (Å²) in [4.78, 5) is 43.2. The number of urea groups is 1. The Bertz CT molecular complexity index is 1380. The van der Waals surface area contributed by atoms with Gasteiger partial charge in [0, 0.05) is 0 Å². The van der Waals surface area contributed by atoms with Crippen LogP contribution in [-0.4, -0.2) is 31.6 Å². The topological polar surface area (TPSA) is 76.2 Å². The lowest BCUT2D eigenvalue weighted by molar-refractivity contribution is -0.121. The molecule has 3 aromatic rings. The van der Waals surface area contributed by atoms with Crippen LogP contribution in [-0.2, 0) is 9.59 Å². The first-order chi connectivity index (χ1) is 17.8. The predicted octanol–water partition coefficient (Wildman–Crippen LogP) is 6.22. The van der Waals surface area contributed by atoms with Crippen molar-refractivity contribution in [3.63, 3.8) is 0 Å². The van der Waals surface area contributed by atoms with E-state index in [-0.39, 0.29) is 12.2 Å². The number of para-hydroxylation sites is 2. The van der Waals surface area contributed by atoms with Crippen molar-refractivity contribution in [3.05, 3.63) is 100 Å². The Hall–Kier alpha value is -4.17. The van der Waals surface area contributed by atoms with Crippen LogP contribution >= 0.6 is 15.9 Å². The van der Waals surface area contributed by atoms with Crippen LogP contribution in [0.4, 0.5) is 16.2 Å². The van der Waals surface area contributed by atoms with Gasteiger partial charge in [-0.05, 0) is 76.8 Å². The molecular formula is C29H25BrN2O5. The second-order valence-electron chi connectivity index (χ2n) is 8.33. The van der Waals surface area contributed by atoms with E-state index in [1.807, 2.05) is 12.1 Å². The smallest absolute Gasteiger partial charge is 0.343 e. The number of hydrogen-bond acceptors (Lipinski definition) is 5. The quantitative estimate of drug-likeness (QED) is 0.195. The maximum Gasteiger partial charge on any atom is 0.343 e. The Balaban J connectivity index is 1.89. The average molecular weight is 561 g/mol. The summed E-state index contributed by atoms with van der Waals surface area (Å²) in [5.74, 6) is -0.558. The van der Waals surface area contributed by atoms with Gasteiger partial charge in [-0.2, -0.15) is 0 Å². The average Bonchev–Trinajstić information content (AvgIpc) is 2.88. The van der Waals surface area contributed by atoms with E-state index in [2.05, 4.69) is 22.5 Å². The number of halogens is 1. The molecule has 0 aliphatic carbocycles. The summed E-state index contributed by atoms with van der Waals surface area (Å²) in [6.07, 6.45) is 3.07. The third-order valence-corrected chi connectivity index (χ3v) is 6.46. The van der Waals surface area contributed by atoms with Crippen molar-refractivity contribution < 1.29 is 23.9 Å². The molecule has 0 spiro atoms. The van der Waals surface area contributed by atoms with Gasteiger partial charge in [0.1, 0.15) is 12.2 Å². The van der Waals surface area contributed by atoms with Gasteiger partial charge in [0.25, 0.3) is 11.8 Å². The molecule has 3 aromatic carbocycles. The van der Waals surface area contributed by atoms with Crippen LogP contribution in [0.2, 0.25) is 0 Å². The molecule has 0 atom stereocenters. The van der Waals surface area contributed by atoms with Crippen molar-refractivity contribution in [3.8, 4) is 11.5 Å². The van der Waals surface area contributed by atoms with Crippen LogP contribution in [0.5, 0.6) is 11.5 Å². The Kier molecular flexibility index (Phi) is 7.59. The van der Waals surface area contributed by atoms with Crippen molar-refractivity contribution in [2.24, 2.45) is 0 Å². The number of rotatable bonds is 7. The Morgan fingerprint density at radius 1 is 0.892 bits per heavy atom. The number of carbonyl (C=O) groups excluding carboxylic acids is 3. The third-order valence-electron chi connectivity index (χ3n) is 5.87. The van der Waals surface area contributed by atoms with E-state index < -0.39 is 17.8 Å². The summed E-state index contributed by atoms with van der Waals surface area (Å²) in [6.45, 7) is 7.53. The van der Waals surface area contributed by atoms with E-state index in [0.717, 1.165) is 20.9 Å². The number of barbiturate groups is 1. The van der Waals surface area contributed by atoms with E-state index in [0.29, 0.717) is 32.9 Å². The number of ether oxygens (including phenoxy) is 2. The maximum atomic E-state index is 13.7. The number of benzene rings is 3. The molecule has 4 rings (SSSR count). The molecule has 0 N–H and O–H groups in total. The summed E-state index contributed by atoms with van der Waals surface area (Å²) >= 11 is 3.48. The Morgan fingerprint density at radius 2 is 1.43 bits per heavy atom. The first kappa shape index (κ1) is 25.9. The summed E-state index contributed by atoms with van der Waals surface area (Å²) in [5.41, 5.74) is 2.59. The van der Waals surface area contributed by atoms with E-state index in [1.165, 1.54) is 13.2 Å². The second-order valence-corrected chi connectivity index (χ2v) is 9.18. The highest BCUT2D eigenvalue weighted by atomic mass is 79.9. The van der Waals surface area contributed by atoms with Crippen molar-refractivity contribution in [2.75, 3.05) is 23.5 Å². The molecule has 1 aliphatic heterocycles. The fraction of sp³-hybridized carbons (Fsp3) is 0.138. The molecular weight excluding hydrogens is 536 g/mol. The molecule has 1 heterocycles. The molecule has 1 fully saturated rings. The van der Waals surface area contributed by atoms with E-state index in [9.17, 15) is 14.4 Å². The zero-order chi connectivity index (χ0) is 26.7. The predicted molar refractivity (Wildman–Crippen MR) is 147 cm³/mol. The number of amides is 4. The molecule has 1 aliphatic rings. The summed E-state index contributed by atoms with van der Waals surface area (Å²) < 4.78 is 11.7. The molecule has 0 saturated carbocycles. The Morgan fingerprint density at radius 3 is 1.92 bits per heavy atom. The van der Waals surface area contributed by atoms with Gasteiger partial charge >= 0.3 is 6.03 Å². The molecule has 8 heteroatoms. The lowest BCUT2D eigenvalue weighted by Crippen LogP contribution is -2.57. The van der Waals surface area contributed by atoms with Gasteiger partial charge in [-0.1, -0.05) is 49.1 Å². The third kappa shape index (κ3) is 4.93. The minimum absolute atomic E-state index is 0.167. The van der Waals surface area contributed by atoms with Gasteiger partial charge < -0.3 is 9.47 Å². The van der Waals surface area contributed by atoms with Crippen LogP contribution < -0.4 is 19.3 Å². The van der Waals surface area contributed by atoms with Crippen LogP contribution in [0.15, 0.2) is 83.4 Å². The standard InChI is InChI=1S/C29H25BrN2O5/c1-5-14-37-26-22(30)16-20(17-25(26)36-4)15-21-27(33)31(23-12-8-6-10-18(23)2)29(35)32(28(21)34)24-13-9-7-11-19(24)3/h5-13,15-17H,1,14H2,2-4H3. The second kappa shape index (κ2) is 10.8. The molecule has 188 valence electrons. The molecule has 1 saturated heterocycles. The lowest BCUT2D eigenvalue weighted by Gasteiger charge is -2.35. The van der Waals surface area contributed by atoms with E-state index in [1.54, 1.807) is 68.5 Å². The van der Waals surface area contributed by atoms with Gasteiger partial charge in [0.05, 0.1) is 23.0 Å². The molecule has 0 radical (unpaired) electrons. The molecule has 0 bridgehead atoms. The lowest BCUT2D eigenvalue weighted by atomic mass is 10.0. The van der Waals surface area contributed by atoms with Gasteiger partial charge in [0.15, 0.2) is 11.5 Å². The number of imide groups is 2. The molecule has 0 unspecified atom stereocenters. The highest BCUT2D eigenvalue weighted by Crippen LogP contribution is 2.38. The van der Waals surface area contributed by atoms with Gasteiger partial charge in [-0.25, -0.2) is 14.6 Å². The monoisotopic (exact) mass is 560 g/mol. The Labute approximate surface area is 223 Å². The van der Waals surface area contributed by atoms with E-state index in [4.69, 9.17) is 9.47 Å². The highest BCUT2D eigenvalue weighted by molar-refractivity contribution is 9.10. The number of carbonyl (C=O) groups is 3. The van der Waals surface area contributed by atoms with Crippen molar-refractivity contribution in [2.45, 2.75) is 13.8 Å². The van der Waals surface area contributed by atoms with Crippen molar-refractivity contribution in [1.29, 1.82) is 0 Å². The SMILES string of the molecule is C=CCOc1c(Br)cc(C=C2C(=O)N(c3ccccc3C)C(=O)N(c3ccccc3C)C2=O)cc1OC. The van der Waals surface area contributed by atoms with E-state index >= 15 is 0 Å². The number of aryl methyl sites for hydroxylation is 2.